The standard InChI is InChI=1S/C24H32N4O4S/c1-17-4-3-5-18(2)24(17)27-23(30)16-28(20-8-9-20)15-13-22(29)26-14-12-19-6-10-21(11-7-19)33(25,31)32/h3-7,10-11,20H,8-9,12-16H2,1-2H3,(H,26,29)(H,27,30)(H2,25,31,32). The average molecular weight is 473 g/mol. The number of aryl methyl sites for hydroxylation is 2. The first-order valence-corrected chi connectivity index (χ1v) is 12.7. The van der Waals surface area contributed by atoms with Crippen molar-refractivity contribution in [2.24, 2.45) is 5.14 Å². The number of sulfonamides is 1. The summed E-state index contributed by atoms with van der Waals surface area (Å²) in [6.45, 7) is 5.19. The second kappa shape index (κ2) is 10.9. The fourth-order valence-electron chi connectivity index (χ4n) is 3.73. The van der Waals surface area contributed by atoms with E-state index in [2.05, 4.69) is 15.5 Å². The highest BCUT2D eigenvalue weighted by molar-refractivity contribution is 7.89. The second-order valence-electron chi connectivity index (χ2n) is 8.56. The molecule has 0 atom stereocenters. The maximum absolute atomic E-state index is 12.6. The van der Waals surface area contributed by atoms with Crippen molar-refractivity contribution in [1.82, 2.24) is 10.2 Å². The molecule has 2 aromatic carbocycles. The van der Waals surface area contributed by atoms with Gasteiger partial charge in [0, 0.05) is 31.2 Å². The molecule has 1 saturated carbocycles. The predicted molar refractivity (Wildman–Crippen MR) is 128 cm³/mol. The van der Waals surface area contributed by atoms with Crippen LogP contribution >= 0.6 is 0 Å². The summed E-state index contributed by atoms with van der Waals surface area (Å²) in [6, 6.07) is 12.6. The SMILES string of the molecule is Cc1cccc(C)c1NC(=O)CN(CCC(=O)NCCc1ccc(S(N)(=O)=O)cc1)C1CC1. The molecule has 4 N–H and O–H groups in total. The Labute approximate surface area is 195 Å². The summed E-state index contributed by atoms with van der Waals surface area (Å²) < 4.78 is 22.6. The molecule has 0 heterocycles. The van der Waals surface area contributed by atoms with E-state index < -0.39 is 10.0 Å². The number of nitrogens with zero attached hydrogens (tertiary/aromatic N) is 1. The molecule has 1 aliphatic carbocycles. The van der Waals surface area contributed by atoms with E-state index in [0.717, 1.165) is 35.2 Å². The number of carbonyl (C=O) groups excluding carboxylic acids is 2. The molecule has 3 rings (SSSR count). The van der Waals surface area contributed by atoms with Crippen molar-refractivity contribution in [3.05, 3.63) is 59.2 Å². The molecule has 9 heteroatoms. The van der Waals surface area contributed by atoms with Gasteiger partial charge in [0.1, 0.15) is 0 Å². The smallest absolute Gasteiger partial charge is 0.238 e. The highest BCUT2D eigenvalue weighted by Crippen LogP contribution is 2.27. The summed E-state index contributed by atoms with van der Waals surface area (Å²) in [6.07, 6.45) is 3.00. The molecule has 0 aromatic heterocycles. The molecule has 0 spiro atoms. The lowest BCUT2D eigenvalue weighted by Gasteiger charge is -2.22. The Morgan fingerprint density at radius 3 is 2.24 bits per heavy atom. The van der Waals surface area contributed by atoms with E-state index in [1.54, 1.807) is 12.1 Å². The first-order valence-electron chi connectivity index (χ1n) is 11.1. The molecular weight excluding hydrogens is 440 g/mol. The van der Waals surface area contributed by atoms with Crippen LogP contribution in [0.3, 0.4) is 0 Å². The van der Waals surface area contributed by atoms with Gasteiger partial charge in [0.25, 0.3) is 0 Å². The molecule has 1 fully saturated rings. The normalized spacial score (nSPS) is 13.7. The molecule has 0 aliphatic heterocycles. The van der Waals surface area contributed by atoms with E-state index in [-0.39, 0.29) is 23.3 Å². The Morgan fingerprint density at radius 1 is 1.03 bits per heavy atom. The van der Waals surface area contributed by atoms with Crippen molar-refractivity contribution >= 4 is 27.5 Å². The molecule has 0 unspecified atom stereocenters. The topological polar surface area (TPSA) is 122 Å². The van der Waals surface area contributed by atoms with Gasteiger partial charge >= 0.3 is 0 Å². The van der Waals surface area contributed by atoms with Crippen LogP contribution < -0.4 is 15.8 Å². The number of benzene rings is 2. The quantitative estimate of drug-likeness (QED) is 0.462. The van der Waals surface area contributed by atoms with Gasteiger partial charge in [0.2, 0.25) is 21.8 Å². The number of hydrogen-bond acceptors (Lipinski definition) is 5. The van der Waals surface area contributed by atoms with Crippen LogP contribution in [0.15, 0.2) is 47.4 Å². The fraction of sp³-hybridized carbons (Fsp3) is 0.417. The van der Waals surface area contributed by atoms with Crippen LogP contribution in [0.1, 0.15) is 36.0 Å². The van der Waals surface area contributed by atoms with Crippen LogP contribution in [-0.4, -0.2) is 50.8 Å². The number of primary sulfonamides is 1. The van der Waals surface area contributed by atoms with Gasteiger partial charge in [0.15, 0.2) is 0 Å². The highest BCUT2D eigenvalue weighted by Gasteiger charge is 2.30. The van der Waals surface area contributed by atoms with Crippen molar-refractivity contribution in [3.63, 3.8) is 0 Å². The molecule has 0 radical (unpaired) electrons. The first kappa shape index (κ1) is 24.9. The number of carbonyl (C=O) groups is 2. The molecule has 2 amide bonds. The number of rotatable bonds is 11. The Morgan fingerprint density at radius 2 is 1.67 bits per heavy atom. The van der Waals surface area contributed by atoms with Crippen molar-refractivity contribution in [2.75, 3.05) is 25.0 Å². The summed E-state index contributed by atoms with van der Waals surface area (Å²) in [4.78, 5) is 27.1. The molecule has 0 saturated heterocycles. The molecular formula is C24H32N4O4S. The monoisotopic (exact) mass is 472 g/mol. The summed E-state index contributed by atoms with van der Waals surface area (Å²) in [5.74, 6) is -0.139. The van der Waals surface area contributed by atoms with E-state index in [9.17, 15) is 18.0 Å². The largest absolute Gasteiger partial charge is 0.356 e. The lowest BCUT2D eigenvalue weighted by Crippen LogP contribution is -2.38. The number of hydrogen-bond donors (Lipinski definition) is 3. The Balaban J connectivity index is 1.42. The number of nitrogens with one attached hydrogen (secondary N) is 2. The van der Waals surface area contributed by atoms with Crippen LogP contribution in [0, 0.1) is 13.8 Å². The van der Waals surface area contributed by atoms with E-state index >= 15 is 0 Å². The minimum Gasteiger partial charge on any atom is -0.356 e. The van der Waals surface area contributed by atoms with Crippen molar-refractivity contribution in [1.29, 1.82) is 0 Å². The van der Waals surface area contributed by atoms with Crippen LogP contribution in [0.2, 0.25) is 0 Å². The maximum atomic E-state index is 12.6. The van der Waals surface area contributed by atoms with E-state index in [1.807, 2.05) is 32.0 Å². The molecule has 8 nitrogen and oxygen atoms in total. The fourth-order valence-corrected chi connectivity index (χ4v) is 4.25. The Hall–Kier alpha value is -2.75. The third kappa shape index (κ3) is 7.66. The third-order valence-electron chi connectivity index (χ3n) is 5.77. The molecule has 0 bridgehead atoms. The van der Waals surface area contributed by atoms with E-state index in [4.69, 9.17) is 5.14 Å². The van der Waals surface area contributed by atoms with Gasteiger partial charge in [-0.2, -0.15) is 0 Å². The maximum Gasteiger partial charge on any atom is 0.238 e. The summed E-state index contributed by atoms with van der Waals surface area (Å²) in [7, 11) is -3.70. The van der Waals surface area contributed by atoms with Crippen LogP contribution in [0.4, 0.5) is 5.69 Å². The van der Waals surface area contributed by atoms with Crippen LogP contribution in [0.5, 0.6) is 0 Å². The molecule has 2 aromatic rings. The van der Waals surface area contributed by atoms with E-state index in [1.165, 1.54) is 12.1 Å². The first-order chi connectivity index (χ1) is 15.6. The van der Waals surface area contributed by atoms with E-state index in [0.29, 0.717) is 32.0 Å². The summed E-state index contributed by atoms with van der Waals surface area (Å²) in [5, 5.41) is 11.0. The molecule has 178 valence electrons. The zero-order chi connectivity index (χ0) is 24.0. The van der Waals surface area contributed by atoms with Gasteiger partial charge in [-0.3, -0.25) is 14.5 Å². The number of nitrogens with two attached hydrogens (primary N) is 1. The Kier molecular flexibility index (Phi) is 8.23. The molecule has 1 aliphatic rings. The third-order valence-corrected chi connectivity index (χ3v) is 6.70. The van der Waals surface area contributed by atoms with Gasteiger partial charge in [-0.25, -0.2) is 13.6 Å². The summed E-state index contributed by atoms with van der Waals surface area (Å²) >= 11 is 0. The number of para-hydroxylation sites is 1. The minimum atomic E-state index is -3.70. The average Bonchev–Trinajstić information content (AvgIpc) is 3.59. The minimum absolute atomic E-state index is 0.0667. The van der Waals surface area contributed by atoms with Gasteiger partial charge in [-0.1, -0.05) is 30.3 Å². The lowest BCUT2D eigenvalue weighted by atomic mass is 10.1. The zero-order valence-electron chi connectivity index (χ0n) is 19.1. The molecule has 33 heavy (non-hydrogen) atoms. The van der Waals surface area contributed by atoms with Gasteiger partial charge < -0.3 is 10.6 Å². The van der Waals surface area contributed by atoms with Gasteiger partial charge in [0.05, 0.1) is 11.4 Å². The van der Waals surface area contributed by atoms with Crippen LogP contribution in [0.25, 0.3) is 0 Å². The van der Waals surface area contributed by atoms with Crippen molar-refractivity contribution in [2.45, 2.75) is 50.5 Å². The van der Waals surface area contributed by atoms with Gasteiger partial charge in [-0.05, 0) is 61.9 Å². The zero-order valence-corrected chi connectivity index (χ0v) is 20.0. The lowest BCUT2D eigenvalue weighted by molar-refractivity contribution is -0.122. The van der Waals surface area contributed by atoms with Gasteiger partial charge in [-0.15, -0.1) is 0 Å². The summed E-state index contributed by atoms with van der Waals surface area (Å²) in [5.41, 5.74) is 3.82. The van der Waals surface area contributed by atoms with Crippen LogP contribution in [-0.2, 0) is 26.0 Å². The predicted octanol–water partition coefficient (Wildman–Crippen LogP) is 2.10. The second-order valence-corrected chi connectivity index (χ2v) is 10.1. The van der Waals surface area contributed by atoms with Crippen molar-refractivity contribution < 1.29 is 18.0 Å². The Bertz CT molecular complexity index is 1080. The number of anilines is 1. The number of amides is 2. The highest BCUT2D eigenvalue weighted by atomic mass is 32.2. The van der Waals surface area contributed by atoms with Crippen molar-refractivity contribution in [3.8, 4) is 0 Å².